The lowest BCUT2D eigenvalue weighted by atomic mass is 9.62. The minimum absolute atomic E-state index is 0.0239. The van der Waals surface area contributed by atoms with Crippen molar-refractivity contribution in [3.63, 3.8) is 0 Å². The topological polar surface area (TPSA) is 42.5 Å². The van der Waals surface area contributed by atoms with Crippen molar-refractivity contribution in [1.82, 2.24) is 10.6 Å². The van der Waals surface area contributed by atoms with Gasteiger partial charge in [0.2, 0.25) is 0 Å². The Morgan fingerprint density at radius 1 is 0.674 bits per heavy atom. The number of unbranched alkanes of at least 4 members (excludes halogenated alkanes) is 10. The van der Waals surface area contributed by atoms with E-state index in [0.717, 1.165) is 50.1 Å². The van der Waals surface area contributed by atoms with Crippen LogP contribution in [0.4, 0.5) is 0 Å². The number of hydrogen-bond donors (Lipinski definition) is 2. The number of hydrogen-bond acceptors (Lipinski definition) is 4. The number of benzene rings is 2. The summed E-state index contributed by atoms with van der Waals surface area (Å²) in [6.07, 6.45) is 20.6. The second-order valence-corrected chi connectivity index (χ2v) is 15.5. The lowest BCUT2D eigenvalue weighted by molar-refractivity contribution is 0.0787. The number of aryl methyl sites for hydroxylation is 2. The third kappa shape index (κ3) is 14.3. The molecule has 2 N–H and O–H groups in total. The SMILES string of the molecule is CCCCCCCCc1ccccc1OC(=S)NCC1(C)CC(NC(=S)Oc2ccccc2CCCCCCCC)CC(C)(C)C1. The second-order valence-electron chi connectivity index (χ2n) is 14.8. The molecule has 0 amide bonds. The van der Waals surface area contributed by atoms with Crippen LogP contribution in [0, 0.1) is 10.8 Å². The maximum absolute atomic E-state index is 6.27. The van der Waals surface area contributed by atoms with Gasteiger partial charge in [0, 0.05) is 12.6 Å². The summed E-state index contributed by atoms with van der Waals surface area (Å²) >= 11 is 11.5. The van der Waals surface area contributed by atoms with Gasteiger partial charge in [-0.3, -0.25) is 0 Å². The molecule has 2 aromatic rings. The zero-order chi connectivity index (χ0) is 33.3. The van der Waals surface area contributed by atoms with Gasteiger partial charge in [-0.05, 0) is 103 Å². The highest BCUT2D eigenvalue weighted by Crippen LogP contribution is 2.46. The van der Waals surface area contributed by atoms with Gasteiger partial charge in [0.25, 0.3) is 10.3 Å². The number of rotatable bonds is 19. The Morgan fingerprint density at radius 2 is 1.15 bits per heavy atom. The van der Waals surface area contributed by atoms with Gasteiger partial charge in [-0.2, -0.15) is 0 Å². The van der Waals surface area contributed by atoms with Gasteiger partial charge in [0.05, 0.1) is 0 Å². The van der Waals surface area contributed by atoms with Crippen LogP contribution in [0.5, 0.6) is 11.5 Å². The first-order valence-corrected chi connectivity index (χ1v) is 19.0. The molecule has 6 heteroatoms. The van der Waals surface area contributed by atoms with Gasteiger partial charge in [0.1, 0.15) is 11.5 Å². The van der Waals surface area contributed by atoms with Crippen molar-refractivity contribution in [2.24, 2.45) is 10.8 Å². The first-order chi connectivity index (χ1) is 22.1. The molecule has 0 heterocycles. The normalized spacial score (nSPS) is 18.9. The van der Waals surface area contributed by atoms with Crippen molar-refractivity contribution in [3.05, 3.63) is 59.7 Å². The highest BCUT2D eigenvalue weighted by atomic mass is 32.1. The van der Waals surface area contributed by atoms with E-state index >= 15 is 0 Å². The zero-order valence-corrected chi connectivity index (χ0v) is 31.2. The molecular weight excluding hydrogens is 605 g/mol. The first-order valence-electron chi connectivity index (χ1n) is 18.2. The highest BCUT2D eigenvalue weighted by Gasteiger charge is 2.41. The van der Waals surface area contributed by atoms with Crippen LogP contribution >= 0.6 is 24.4 Å². The number of nitrogens with one attached hydrogen (secondary N) is 2. The molecule has 4 nitrogen and oxygen atoms in total. The fourth-order valence-electron chi connectivity index (χ4n) is 7.40. The van der Waals surface area contributed by atoms with Gasteiger partial charge >= 0.3 is 0 Å². The maximum atomic E-state index is 6.27. The number of thiocarbonyl (C=S) groups is 2. The molecule has 0 saturated heterocycles. The van der Waals surface area contributed by atoms with Crippen LogP contribution in [0.3, 0.4) is 0 Å². The van der Waals surface area contributed by atoms with E-state index in [-0.39, 0.29) is 16.9 Å². The summed E-state index contributed by atoms with van der Waals surface area (Å²) in [5.41, 5.74) is 2.65. The first kappa shape index (κ1) is 38.3. The average molecular weight is 667 g/mol. The van der Waals surface area contributed by atoms with E-state index in [4.69, 9.17) is 33.9 Å². The van der Waals surface area contributed by atoms with Gasteiger partial charge in [-0.15, -0.1) is 0 Å². The maximum Gasteiger partial charge on any atom is 0.262 e. The monoisotopic (exact) mass is 666 g/mol. The van der Waals surface area contributed by atoms with E-state index in [1.54, 1.807) is 0 Å². The molecule has 2 aromatic carbocycles. The molecule has 1 aliphatic carbocycles. The predicted molar refractivity (Wildman–Crippen MR) is 204 cm³/mol. The third-order valence-electron chi connectivity index (χ3n) is 9.37. The number of ether oxygens (including phenoxy) is 2. The third-order valence-corrected chi connectivity index (χ3v) is 9.80. The minimum atomic E-state index is 0.0239. The molecule has 2 atom stereocenters. The van der Waals surface area contributed by atoms with E-state index in [1.807, 2.05) is 24.3 Å². The van der Waals surface area contributed by atoms with Crippen LogP contribution in [-0.4, -0.2) is 22.9 Å². The Balaban J connectivity index is 1.50. The van der Waals surface area contributed by atoms with E-state index < -0.39 is 0 Å². The summed E-state index contributed by atoms with van der Waals surface area (Å²) in [6, 6.07) is 16.9. The summed E-state index contributed by atoms with van der Waals surface area (Å²) in [5, 5.41) is 7.97. The van der Waals surface area contributed by atoms with Crippen molar-refractivity contribution in [3.8, 4) is 11.5 Å². The predicted octanol–water partition coefficient (Wildman–Crippen LogP) is 11.3. The minimum Gasteiger partial charge on any atom is -0.432 e. The molecule has 2 unspecified atom stereocenters. The van der Waals surface area contributed by atoms with Crippen LogP contribution in [0.15, 0.2) is 48.5 Å². The standard InChI is InChI=1S/C40H62N2O2S2/c1-6-8-10-12-14-16-22-32-24-18-20-26-35(32)43-37(45)41-31-40(5)29-34(28-39(3,4)30-40)42-38(46)44-36-27-21-19-25-33(36)23-17-15-13-11-9-7-2/h18-21,24-27,34H,6-17,22-23,28-31H2,1-5H3,(H,41,45)(H,42,46). The zero-order valence-electron chi connectivity index (χ0n) is 29.6. The Labute approximate surface area is 292 Å². The van der Waals surface area contributed by atoms with Gasteiger partial charge in [-0.25, -0.2) is 0 Å². The van der Waals surface area contributed by atoms with Crippen molar-refractivity contribution >= 4 is 34.8 Å². The molecular formula is C40H62N2O2S2. The quantitative estimate of drug-likeness (QED) is 0.115. The van der Waals surface area contributed by atoms with Crippen molar-refractivity contribution < 1.29 is 9.47 Å². The van der Waals surface area contributed by atoms with E-state index in [1.165, 1.54) is 88.2 Å². The molecule has 0 spiro atoms. The smallest absolute Gasteiger partial charge is 0.262 e. The van der Waals surface area contributed by atoms with E-state index in [0.29, 0.717) is 10.3 Å². The van der Waals surface area contributed by atoms with Crippen molar-refractivity contribution in [1.29, 1.82) is 0 Å². The van der Waals surface area contributed by atoms with E-state index in [9.17, 15) is 0 Å². The van der Waals surface area contributed by atoms with Gasteiger partial charge in [-0.1, -0.05) is 135 Å². The molecule has 0 radical (unpaired) electrons. The molecule has 0 bridgehead atoms. The summed E-state index contributed by atoms with van der Waals surface area (Å²) in [7, 11) is 0. The van der Waals surface area contributed by atoms with Crippen LogP contribution in [-0.2, 0) is 12.8 Å². The molecule has 256 valence electrons. The molecule has 0 aromatic heterocycles. The summed E-state index contributed by atoms with van der Waals surface area (Å²) in [4.78, 5) is 0. The van der Waals surface area contributed by atoms with Crippen molar-refractivity contribution in [2.45, 2.75) is 150 Å². The Morgan fingerprint density at radius 3 is 1.70 bits per heavy atom. The summed E-state index contributed by atoms with van der Waals surface area (Å²) < 4.78 is 12.5. The Bertz CT molecular complexity index is 1200. The molecule has 1 saturated carbocycles. The van der Waals surface area contributed by atoms with Crippen LogP contribution in [0.25, 0.3) is 0 Å². The largest absolute Gasteiger partial charge is 0.432 e. The second kappa shape index (κ2) is 20.2. The highest BCUT2D eigenvalue weighted by molar-refractivity contribution is 7.80. The van der Waals surface area contributed by atoms with Gasteiger partial charge in [0.15, 0.2) is 0 Å². The lowest BCUT2D eigenvalue weighted by Gasteiger charge is -2.47. The molecule has 3 rings (SSSR count). The fourth-order valence-corrected chi connectivity index (χ4v) is 7.82. The van der Waals surface area contributed by atoms with Crippen LogP contribution in [0.1, 0.15) is 142 Å². The number of para-hydroxylation sites is 2. The average Bonchev–Trinajstić information content (AvgIpc) is 3.00. The molecule has 46 heavy (non-hydrogen) atoms. The summed E-state index contributed by atoms with van der Waals surface area (Å²) in [6.45, 7) is 12.3. The molecule has 1 fully saturated rings. The Kier molecular flexibility index (Phi) is 16.8. The van der Waals surface area contributed by atoms with Crippen molar-refractivity contribution in [2.75, 3.05) is 6.54 Å². The lowest BCUT2D eigenvalue weighted by Crippen LogP contribution is -2.51. The fraction of sp³-hybridized carbons (Fsp3) is 0.650. The molecule has 0 aliphatic heterocycles. The summed E-state index contributed by atoms with van der Waals surface area (Å²) in [5.74, 6) is 1.76. The van der Waals surface area contributed by atoms with Crippen LogP contribution in [0.2, 0.25) is 0 Å². The van der Waals surface area contributed by atoms with Crippen LogP contribution < -0.4 is 20.1 Å². The van der Waals surface area contributed by atoms with Gasteiger partial charge < -0.3 is 20.1 Å². The molecule has 1 aliphatic rings. The van der Waals surface area contributed by atoms with E-state index in [2.05, 4.69) is 69.5 Å². The Hall–Kier alpha value is -2.18.